The van der Waals surface area contributed by atoms with Crippen molar-refractivity contribution in [1.29, 1.82) is 0 Å². The van der Waals surface area contributed by atoms with Crippen LogP contribution in [0.15, 0.2) is 59.5 Å². The zero-order valence-electron chi connectivity index (χ0n) is 15.3. The normalized spacial score (nSPS) is 11.4. The second kappa shape index (κ2) is 8.82. The third kappa shape index (κ3) is 5.31. The van der Waals surface area contributed by atoms with Crippen molar-refractivity contribution in [3.63, 3.8) is 0 Å². The number of nitrogens with one attached hydrogen (secondary N) is 1. The molecular formula is C19H25N3O3S. The molecule has 0 radical (unpaired) electrons. The minimum atomic E-state index is -3.85. The molecule has 0 aromatic heterocycles. The number of benzene rings is 2. The number of sulfonamides is 1. The van der Waals surface area contributed by atoms with Crippen LogP contribution in [-0.2, 0) is 14.8 Å². The molecule has 0 saturated heterocycles. The van der Waals surface area contributed by atoms with Crippen molar-refractivity contribution in [3.05, 3.63) is 60.2 Å². The molecule has 6 nitrogen and oxygen atoms in total. The number of carbonyl (C=O) groups is 1. The molecule has 0 spiro atoms. The van der Waals surface area contributed by atoms with E-state index in [1.54, 1.807) is 36.4 Å². The highest BCUT2D eigenvalue weighted by Crippen LogP contribution is 2.24. The number of anilines is 1. The Balaban J connectivity index is 2.30. The number of hydrogen-bond donors (Lipinski definition) is 1. The van der Waals surface area contributed by atoms with Crippen LogP contribution in [0.25, 0.3) is 0 Å². The molecule has 0 heterocycles. The summed E-state index contributed by atoms with van der Waals surface area (Å²) in [6.07, 6.45) is 0. The monoisotopic (exact) mass is 375 g/mol. The number of rotatable bonds is 8. The fourth-order valence-corrected chi connectivity index (χ4v) is 3.86. The lowest BCUT2D eigenvalue weighted by atomic mass is 10.2. The summed E-state index contributed by atoms with van der Waals surface area (Å²) in [4.78, 5) is 14.4. The van der Waals surface area contributed by atoms with Gasteiger partial charge in [-0.3, -0.25) is 9.10 Å². The third-order valence-corrected chi connectivity index (χ3v) is 5.58. The maximum Gasteiger partial charge on any atom is 0.264 e. The van der Waals surface area contributed by atoms with E-state index >= 15 is 0 Å². The molecule has 0 fully saturated rings. The van der Waals surface area contributed by atoms with Crippen LogP contribution in [0.1, 0.15) is 5.56 Å². The number of nitrogens with zero attached hydrogens (tertiary/aromatic N) is 2. The van der Waals surface area contributed by atoms with Crippen LogP contribution in [-0.4, -0.2) is 53.0 Å². The Morgan fingerprint density at radius 3 is 2.35 bits per heavy atom. The average molecular weight is 375 g/mol. The second-order valence-electron chi connectivity index (χ2n) is 6.32. The minimum absolute atomic E-state index is 0.155. The van der Waals surface area contributed by atoms with Gasteiger partial charge in [0.15, 0.2) is 0 Å². The lowest BCUT2D eigenvalue weighted by Gasteiger charge is -2.24. The topological polar surface area (TPSA) is 69.7 Å². The number of carbonyl (C=O) groups excluding carboxylic acids is 1. The van der Waals surface area contributed by atoms with Crippen LogP contribution in [0.2, 0.25) is 0 Å². The summed E-state index contributed by atoms with van der Waals surface area (Å²) in [5, 5.41) is 2.77. The van der Waals surface area contributed by atoms with E-state index in [1.807, 2.05) is 32.0 Å². The molecule has 2 aromatic carbocycles. The summed E-state index contributed by atoms with van der Waals surface area (Å²) in [5.74, 6) is -0.340. The van der Waals surface area contributed by atoms with Gasteiger partial charge in [-0.1, -0.05) is 30.3 Å². The number of hydrogen-bond acceptors (Lipinski definition) is 4. The Morgan fingerprint density at radius 1 is 1.04 bits per heavy atom. The highest BCUT2D eigenvalue weighted by Gasteiger charge is 2.27. The smallest absolute Gasteiger partial charge is 0.264 e. The first-order chi connectivity index (χ1) is 12.3. The SMILES string of the molecule is Cc1cccc(N(CC(=O)NCCN(C)C)S(=O)(=O)c2ccccc2)c1. The lowest BCUT2D eigenvalue weighted by molar-refractivity contribution is -0.119. The molecule has 2 rings (SSSR count). The third-order valence-electron chi connectivity index (χ3n) is 3.79. The van der Waals surface area contributed by atoms with Gasteiger partial charge in [0, 0.05) is 13.1 Å². The maximum absolute atomic E-state index is 13.1. The van der Waals surface area contributed by atoms with Crippen LogP contribution < -0.4 is 9.62 Å². The van der Waals surface area contributed by atoms with Gasteiger partial charge in [0.2, 0.25) is 5.91 Å². The largest absolute Gasteiger partial charge is 0.353 e. The van der Waals surface area contributed by atoms with Gasteiger partial charge in [0.1, 0.15) is 6.54 Å². The van der Waals surface area contributed by atoms with Gasteiger partial charge in [-0.15, -0.1) is 0 Å². The Morgan fingerprint density at radius 2 is 1.73 bits per heavy atom. The lowest BCUT2D eigenvalue weighted by Crippen LogP contribution is -2.42. The summed E-state index contributed by atoms with van der Waals surface area (Å²) in [6.45, 7) is 2.75. The maximum atomic E-state index is 13.1. The standard InChI is InChI=1S/C19H25N3O3S/c1-16-8-7-9-17(14-16)22(15-19(23)20-12-13-21(2)3)26(24,25)18-10-5-4-6-11-18/h4-11,14H,12-13,15H2,1-3H3,(H,20,23). The van der Waals surface area contributed by atoms with E-state index in [4.69, 9.17) is 0 Å². The molecule has 0 atom stereocenters. The molecule has 0 bridgehead atoms. The number of aryl methyl sites for hydroxylation is 1. The second-order valence-corrected chi connectivity index (χ2v) is 8.18. The predicted octanol–water partition coefficient (Wildman–Crippen LogP) is 1.87. The molecule has 26 heavy (non-hydrogen) atoms. The zero-order chi connectivity index (χ0) is 19.2. The summed E-state index contributed by atoms with van der Waals surface area (Å²) in [5.41, 5.74) is 1.39. The van der Waals surface area contributed by atoms with Crippen LogP contribution in [0.3, 0.4) is 0 Å². The fraction of sp³-hybridized carbons (Fsp3) is 0.316. The molecule has 7 heteroatoms. The molecule has 1 amide bonds. The van der Waals surface area contributed by atoms with Crippen molar-refractivity contribution in [1.82, 2.24) is 10.2 Å². The molecule has 0 aliphatic rings. The average Bonchev–Trinajstić information content (AvgIpc) is 2.60. The van der Waals surface area contributed by atoms with E-state index in [0.29, 0.717) is 18.8 Å². The van der Waals surface area contributed by atoms with E-state index in [-0.39, 0.29) is 17.3 Å². The van der Waals surface area contributed by atoms with Crippen molar-refractivity contribution in [2.75, 3.05) is 38.0 Å². The Labute approximate surface area is 155 Å². The number of likely N-dealkylation sites (N-methyl/N-ethyl adjacent to an activating group) is 1. The Kier molecular flexibility index (Phi) is 6.76. The molecule has 2 aromatic rings. The fourth-order valence-electron chi connectivity index (χ4n) is 2.42. The first-order valence-corrected chi connectivity index (χ1v) is 9.80. The van der Waals surface area contributed by atoms with E-state index in [0.717, 1.165) is 9.87 Å². The van der Waals surface area contributed by atoms with Crippen LogP contribution >= 0.6 is 0 Å². The molecule has 0 saturated carbocycles. The Hall–Kier alpha value is -2.38. The van der Waals surface area contributed by atoms with E-state index < -0.39 is 10.0 Å². The van der Waals surface area contributed by atoms with E-state index in [9.17, 15) is 13.2 Å². The molecule has 0 unspecified atom stereocenters. The summed E-state index contributed by atoms with van der Waals surface area (Å²) < 4.78 is 27.4. The minimum Gasteiger partial charge on any atom is -0.353 e. The van der Waals surface area contributed by atoms with Gasteiger partial charge in [-0.25, -0.2) is 8.42 Å². The summed E-state index contributed by atoms with van der Waals surface area (Å²) >= 11 is 0. The number of amides is 1. The van der Waals surface area contributed by atoms with Crippen LogP contribution in [0.5, 0.6) is 0 Å². The van der Waals surface area contributed by atoms with Crippen molar-refractivity contribution < 1.29 is 13.2 Å². The highest BCUT2D eigenvalue weighted by molar-refractivity contribution is 7.92. The molecule has 0 aliphatic heterocycles. The van der Waals surface area contributed by atoms with Gasteiger partial charge in [0.05, 0.1) is 10.6 Å². The van der Waals surface area contributed by atoms with Gasteiger partial charge >= 0.3 is 0 Å². The van der Waals surface area contributed by atoms with E-state index in [2.05, 4.69) is 5.32 Å². The molecule has 1 N–H and O–H groups in total. The van der Waals surface area contributed by atoms with E-state index in [1.165, 1.54) is 12.1 Å². The van der Waals surface area contributed by atoms with Gasteiger partial charge in [-0.05, 0) is 50.8 Å². The van der Waals surface area contributed by atoms with Crippen molar-refractivity contribution in [2.24, 2.45) is 0 Å². The van der Waals surface area contributed by atoms with Crippen molar-refractivity contribution in [2.45, 2.75) is 11.8 Å². The van der Waals surface area contributed by atoms with Crippen molar-refractivity contribution in [3.8, 4) is 0 Å². The van der Waals surface area contributed by atoms with Crippen LogP contribution in [0, 0.1) is 6.92 Å². The van der Waals surface area contributed by atoms with Crippen LogP contribution in [0.4, 0.5) is 5.69 Å². The first-order valence-electron chi connectivity index (χ1n) is 8.36. The molecule has 140 valence electrons. The first kappa shape index (κ1) is 19.9. The van der Waals surface area contributed by atoms with Gasteiger partial charge < -0.3 is 10.2 Å². The zero-order valence-corrected chi connectivity index (χ0v) is 16.2. The molecule has 0 aliphatic carbocycles. The predicted molar refractivity (Wildman–Crippen MR) is 104 cm³/mol. The summed E-state index contributed by atoms with van der Waals surface area (Å²) in [6, 6.07) is 15.3. The highest BCUT2D eigenvalue weighted by atomic mass is 32.2. The molecular weight excluding hydrogens is 350 g/mol. The Bertz CT molecular complexity index is 836. The quantitative estimate of drug-likeness (QED) is 0.765. The van der Waals surface area contributed by atoms with Gasteiger partial charge in [-0.2, -0.15) is 0 Å². The van der Waals surface area contributed by atoms with Crippen molar-refractivity contribution >= 4 is 21.6 Å². The van der Waals surface area contributed by atoms with Gasteiger partial charge in [0.25, 0.3) is 10.0 Å². The summed E-state index contributed by atoms with van der Waals surface area (Å²) in [7, 11) is -0.0296.